The predicted molar refractivity (Wildman–Crippen MR) is 59.6 cm³/mol. The molecule has 0 unspecified atom stereocenters. The second-order valence-electron chi connectivity index (χ2n) is 2.88. The highest BCUT2D eigenvalue weighted by Gasteiger charge is 2.35. The summed E-state index contributed by atoms with van der Waals surface area (Å²) in [5, 5.41) is 19.1. The molecule has 0 N–H and O–H groups in total. The van der Waals surface area contributed by atoms with Crippen molar-refractivity contribution in [2.75, 3.05) is 0 Å². The van der Waals surface area contributed by atoms with Crippen LogP contribution in [0.1, 0.15) is 5.56 Å². The Morgan fingerprint density at radius 3 is 2.67 bits per heavy atom. The van der Waals surface area contributed by atoms with Crippen molar-refractivity contribution in [1.29, 1.82) is 5.26 Å². The zero-order valence-corrected chi connectivity index (χ0v) is 10.5. The Kier molecular flexibility index (Phi) is 4.28. The maximum absolute atomic E-state index is 12.2. The van der Waals surface area contributed by atoms with Crippen LogP contribution in [0.25, 0.3) is 0 Å². The minimum absolute atomic E-state index is 0.0687. The van der Waals surface area contributed by atoms with Crippen LogP contribution in [0.15, 0.2) is 6.20 Å². The van der Waals surface area contributed by atoms with E-state index in [-0.39, 0.29) is 3.57 Å². The smallest absolute Gasteiger partial charge is 0.404 e. The fraction of sp³-hybridized carbons (Fsp3) is 0.250. The zero-order valence-electron chi connectivity index (χ0n) is 8.36. The Hall–Kier alpha value is -1.64. The van der Waals surface area contributed by atoms with Gasteiger partial charge in [0.25, 0.3) is 0 Å². The quantitative estimate of drug-likeness (QED) is 0.462. The summed E-state index contributed by atoms with van der Waals surface area (Å²) in [4.78, 5) is 13.0. The lowest BCUT2D eigenvalue weighted by atomic mass is 10.2. The van der Waals surface area contributed by atoms with Crippen LogP contribution in [0.2, 0.25) is 0 Å². The van der Waals surface area contributed by atoms with Gasteiger partial charge < -0.3 is 14.9 Å². The van der Waals surface area contributed by atoms with Crippen molar-refractivity contribution in [3.05, 3.63) is 25.4 Å². The molecule has 0 bridgehead atoms. The molecule has 0 atom stereocenters. The van der Waals surface area contributed by atoms with E-state index in [1.54, 1.807) is 0 Å². The molecule has 1 rings (SSSR count). The van der Waals surface area contributed by atoms with Crippen LogP contribution in [-0.4, -0.2) is 16.3 Å². The topological polar surface area (TPSA) is 89.0 Å². The Labute approximate surface area is 112 Å². The monoisotopic (exact) mass is 373 g/mol. The van der Waals surface area contributed by atoms with E-state index in [2.05, 4.69) is 9.72 Å². The SMILES string of the molecule is N#CCc1c([N+](=O)[O-])ncc(I)c1OC(F)(F)F. The molecule has 0 saturated heterocycles. The third-order valence-corrected chi connectivity index (χ3v) is 2.48. The molecule has 0 saturated carbocycles. The average molecular weight is 373 g/mol. The number of hydrogen-bond acceptors (Lipinski definition) is 5. The second kappa shape index (κ2) is 5.34. The van der Waals surface area contributed by atoms with Gasteiger partial charge in [0, 0.05) is 0 Å². The highest BCUT2D eigenvalue weighted by atomic mass is 127. The third-order valence-electron chi connectivity index (χ3n) is 1.71. The van der Waals surface area contributed by atoms with E-state index in [0.29, 0.717) is 0 Å². The lowest BCUT2D eigenvalue weighted by Gasteiger charge is -2.12. The van der Waals surface area contributed by atoms with Crippen LogP contribution in [-0.2, 0) is 6.42 Å². The largest absolute Gasteiger partial charge is 0.573 e. The number of rotatable bonds is 3. The lowest BCUT2D eigenvalue weighted by Crippen LogP contribution is -2.19. The standard InChI is InChI=1S/C8H3F3IN3O3/c9-8(10,11)18-6-4(1-2-13)7(15(16)17)14-3-5(6)12/h3H,1H2. The van der Waals surface area contributed by atoms with E-state index in [0.717, 1.165) is 6.20 Å². The first-order chi connectivity index (χ1) is 8.26. The fourth-order valence-electron chi connectivity index (χ4n) is 1.12. The number of nitriles is 1. The Balaban J connectivity index is 3.42. The highest BCUT2D eigenvalue weighted by Crippen LogP contribution is 2.35. The maximum atomic E-state index is 12.2. The van der Waals surface area contributed by atoms with Gasteiger partial charge in [-0.15, -0.1) is 13.2 Å². The molecule has 6 nitrogen and oxygen atoms in total. The van der Waals surface area contributed by atoms with Crippen molar-refractivity contribution in [2.45, 2.75) is 12.8 Å². The molecule has 1 aromatic heterocycles. The molecular weight excluding hydrogens is 370 g/mol. The molecule has 0 amide bonds. The summed E-state index contributed by atoms with van der Waals surface area (Å²) in [6.07, 6.45) is -4.73. The van der Waals surface area contributed by atoms with E-state index in [1.807, 2.05) is 0 Å². The van der Waals surface area contributed by atoms with Crippen LogP contribution in [0.5, 0.6) is 5.75 Å². The molecule has 18 heavy (non-hydrogen) atoms. The number of aromatic nitrogens is 1. The first-order valence-corrected chi connectivity index (χ1v) is 5.28. The van der Waals surface area contributed by atoms with Crippen molar-refractivity contribution < 1.29 is 22.8 Å². The summed E-state index contributed by atoms with van der Waals surface area (Å²) in [6, 6.07) is 1.54. The fourth-order valence-corrected chi connectivity index (χ4v) is 1.70. The van der Waals surface area contributed by atoms with Crippen LogP contribution < -0.4 is 4.74 Å². The summed E-state index contributed by atoms with van der Waals surface area (Å²) in [5.74, 6) is -1.58. The number of pyridine rings is 1. The number of nitrogens with zero attached hydrogens (tertiary/aromatic N) is 3. The third kappa shape index (κ3) is 3.42. The van der Waals surface area contributed by atoms with E-state index < -0.39 is 34.8 Å². The maximum Gasteiger partial charge on any atom is 0.573 e. The van der Waals surface area contributed by atoms with Gasteiger partial charge in [0.15, 0.2) is 11.9 Å². The summed E-state index contributed by atoms with van der Waals surface area (Å²) in [5.41, 5.74) is -0.494. The first-order valence-electron chi connectivity index (χ1n) is 4.20. The van der Waals surface area contributed by atoms with Gasteiger partial charge in [-0.3, -0.25) is 0 Å². The minimum Gasteiger partial charge on any atom is -0.404 e. The molecule has 1 heterocycles. The molecule has 10 heteroatoms. The summed E-state index contributed by atoms with van der Waals surface area (Å²) in [6.45, 7) is 0. The van der Waals surface area contributed by atoms with Gasteiger partial charge >= 0.3 is 12.2 Å². The van der Waals surface area contributed by atoms with E-state index in [1.165, 1.54) is 28.7 Å². The van der Waals surface area contributed by atoms with Crippen LogP contribution in [0.4, 0.5) is 19.0 Å². The van der Waals surface area contributed by atoms with Crippen molar-refractivity contribution in [3.8, 4) is 11.8 Å². The molecular formula is C8H3F3IN3O3. The number of alkyl halides is 3. The van der Waals surface area contributed by atoms with Crippen LogP contribution >= 0.6 is 22.6 Å². The van der Waals surface area contributed by atoms with Crippen molar-refractivity contribution in [1.82, 2.24) is 4.98 Å². The van der Waals surface area contributed by atoms with Crippen LogP contribution in [0.3, 0.4) is 0 Å². The second-order valence-corrected chi connectivity index (χ2v) is 4.04. The van der Waals surface area contributed by atoms with Crippen molar-refractivity contribution >= 4 is 28.4 Å². The lowest BCUT2D eigenvalue weighted by molar-refractivity contribution is -0.390. The Morgan fingerprint density at radius 2 is 2.22 bits per heavy atom. The van der Waals surface area contributed by atoms with E-state index in [9.17, 15) is 23.3 Å². The van der Waals surface area contributed by atoms with Crippen molar-refractivity contribution in [3.63, 3.8) is 0 Å². The van der Waals surface area contributed by atoms with Gasteiger partial charge in [0.05, 0.1) is 16.1 Å². The molecule has 0 aliphatic rings. The van der Waals surface area contributed by atoms with Gasteiger partial charge in [-0.2, -0.15) is 5.26 Å². The first kappa shape index (κ1) is 14.4. The normalized spacial score (nSPS) is 10.8. The van der Waals surface area contributed by atoms with Gasteiger partial charge in [0.2, 0.25) is 0 Å². The van der Waals surface area contributed by atoms with Crippen LogP contribution in [0, 0.1) is 25.0 Å². The minimum atomic E-state index is -5.00. The Morgan fingerprint density at radius 1 is 1.61 bits per heavy atom. The summed E-state index contributed by atoms with van der Waals surface area (Å²) >= 11 is 1.49. The summed E-state index contributed by atoms with van der Waals surface area (Å²) < 4.78 is 40.2. The average Bonchev–Trinajstić information content (AvgIpc) is 2.21. The number of ether oxygens (including phenoxy) is 1. The number of nitro groups is 1. The van der Waals surface area contributed by atoms with Crippen molar-refractivity contribution in [2.24, 2.45) is 0 Å². The zero-order chi connectivity index (χ0) is 13.9. The van der Waals surface area contributed by atoms with E-state index >= 15 is 0 Å². The van der Waals surface area contributed by atoms with Gasteiger partial charge in [-0.25, -0.2) is 0 Å². The molecule has 0 fully saturated rings. The van der Waals surface area contributed by atoms with Gasteiger partial charge in [-0.05, 0) is 32.5 Å². The predicted octanol–water partition coefficient (Wildman–Crippen LogP) is 2.56. The summed E-state index contributed by atoms with van der Waals surface area (Å²) in [7, 11) is 0. The number of halogens is 4. The molecule has 0 aliphatic heterocycles. The molecule has 0 spiro atoms. The molecule has 0 aromatic carbocycles. The Bertz CT molecular complexity index is 527. The van der Waals surface area contributed by atoms with E-state index in [4.69, 9.17) is 5.26 Å². The molecule has 1 aromatic rings. The van der Waals surface area contributed by atoms with Gasteiger partial charge in [-0.1, -0.05) is 0 Å². The molecule has 96 valence electrons. The highest BCUT2D eigenvalue weighted by molar-refractivity contribution is 14.1. The molecule has 0 aliphatic carbocycles. The van der Waals surface area contributed by atoms with Gasteiger partial charge in [0.1, 0.15) is 5.56 Å². The number of hydrogen-bond donors (Lipinski definition) is 0. The molecule has 0 radical (unpaired) electrons.